The van der Waals surface area contributed by atoms with Gasteiger partial charge in [-0.3, -0.25) is 4.79 Å². The normalized spacial score (nSPS) is 25.1. The first-order valence-corrected chi connectivity index (χ1v) is 6.52. The van der Waals surface area contributed by atoms with Gasteiger partial charge in [0.25, 0.3) is 0 Å². The highest BCUT2D eigenvalue weighted by Crippen LogP contribution is 2.29. The quantitative estimate of drug-likeness (QED) is 0.766. The number of hydrogen-bond acceptors (Lipinski definition) is 2. The largest absolute Gasteiger partial charge is 0.392 e. The summed E-state index contributed by atoms with van der Waals surface area (Å²) in [5, 5.41) is 0. The van der Waals surface area contributed by atoms with Gasteiger partial charge in [0.2, 0.25) is 5.91 Å². The number of rotatable bonds is 4. The van der Waals surface area contributed by atoms with E-state index in [2.05, 4.69) is 6.92 Å². The molecule has 0 atom stereocenters. The van der Waals surface area contributed by atoms with E-state index >= 15 is 0 Å². The Labute approximate surface area is 103 Å². The first kappa shape index (κ1) is 13.4. The van der Waals surface area contributed by atoms with Gasteiger partial charge in [0, 0.05) is 12.5 Å². The van der Waals surface area contributed by atoms with E-state index in [9.17, 15) is 4.79 Å². The molecule has 0 bridgehead atoms. The van der Waals surface area contributed by atoms with Crippen LogP contribution in [-0.4, -0.2) is 28.9 Å². The van der Waals surface area contributed by atoms with Crippen molar-refractivity contribution >= 4 is 23.1 Å². The van der Waals surface area contributed by atoms with Crippen LogP contribution in [0.4, 0.5) is 0 Å². The molecule has 1 amide bonds. The number of hydrogen-bond donors (Lipinski definition) is 1. The van der Waals surface area contributed by atoms with E-state index < -0.39 is 0 Å². The zero-order valence-corrected chi connectivity index (χ0v) is 11.1. The van der Waals surface area contributed by atoms with Crippen molar-refractivity contribution < 1.29 is 4.79 Å². The van der Waals surface area contributed by atoms with E-state index in [1.54, 1.807) is 4.90 Å². The molecule has 1 rings (SSSR count). The molecule has 1 aliphatic rings. The van der Waals surface area contributed by atoms with Crippen molar-refractivity contribution in [3.63, 3.8) is 0 Å². The van der Waals surface area contributed by atoms with Crippen LogP contribution in [0.15, 0.2) is 0 Å². The van der Waals surface area contributed by atoms with E-state index in [-0.39, 0.29) is 11.8 Å². The van der Waals surface area contributed by atoms with E-state index in [0.717, 1.165) is 18.8 Å². The second kappa shape index (κ2) is 6.18. The summed E-state index contributed by atoms with van der Waals surface area (Å²) in [5.74, 6) is 1.21. The molecule has 16 heavy (non-hydrogen) atoms. The van der Waals surface area contributed by atoms with E-state index in [1.165, 1.54) is 12.8 Å². The first-order chi connectivity index (χ1) is 7.54. The molecular formula is C12H22N2OS. The van der Waals surface area contributed by atoms with Crippen molar-refractivity contribution in [3.05, 3.63) is 0 Å². The molecule has 0 unspecified atom stereocenters. The number of amides is 1. The second-order valence-corrected chi connectivity index (χ2v) is 5.30. The third-order valence-electron chi connectivity index (χ3n) is 3.41. The minimum atomic E-state index is 0.200. The van der Waals surface area contributed by atoms with Gasteiger partial charge >= 0.3 is 0 Å². The van der Waals surface area contributed by atoms with E-state index in [4.69, 9.17) is 18.0 Å². The van der Waals surface area contributed by atoms with Gasteiger partial charge in [-0.25, -0.2) is 0 Å². The van der Waals surface area contributed by atoms with Gasteiger partial charge in [-0.1, -0.05) is 19.1 Å². The molecule has 1 saturated carbocycles. The van der Waals surface area contributed by atoms with Crippen molar-refractivity contribution in [2.45, 2.75) is 39.5 Å². The Kier molecular flexibility index (Phi) is 5.19. The zero-order chi connectivity index (χ0) is 12.1. The van der Waals surface area contributed by atoms with Crippen LogP contribution < -0.4 is 5.73 Å². The second-order valence-electron chi connectivity index (χ2n) is 4.78. The van der Waals surface area contributed by atoms with E-state index in [0.29, 0.717) is 18.1 Å². The highest BCUT2D eigenvalue weighted by molar-refractivity contribution is 7.80. The fourth-order valence-corrected chi connectivity index (χ4v) is 2.45. The van der Waals surface area contributed by atoms with Gasteiger partial charge < -0.3 is 10.6 Å². The van der Waals surface area contributed by atoms with Crippen molar-refractivity contribution in [2.75, 3.05) is 13.1 Å². The van der Waals surface area contributed by atoms with Crippen molar-refractivity contribution in [1.29, 1.82) is 0 Å². The van der Waals surface area contributed by atoms with Gasteiger partial charge in [0.15, 0.2) is 0 Å². The maximum absolute atomic E-state index is 12.2. The minimum absolute atomic E-state index is 0.200. The van der Waals surface area contributed by atoms with Crippen LogP contribution in [0, 0.1) is 11.8 Å². The Hall–Kier alpha value is -0.640. The molecule has 0 heterocycles. The molecule has 0 aromatic heterocycles. The Balaban J connectivity index is 2.51. The molecule has 0 aromatic rings. The SMILES string of the molecule is CCN(CC(N)=S)C(=O)C1CCC(C)CC1. The molecular weight excluding hydrogens is 220 g/mol. The lowest BCUT2D eigenvalue weighted by Crippen LogP contribution is -2.41. The molecule has 0 spiro atoms. The van der Waals surface area contributed by atoms with E-state index in [1.807, 2.05) is 6.92 Å². The monoisotopic (exact) mass is 242 g/mol. The maximum atomic E-state index is 12.2. The smallest absolute Gasteiger partial charge is 0.226 e. The molecule has 2 N–H and O–H groups in total. The Bertz CT molecular complexity index is 260. The Morgan fingerprint density at radius 3 is 2.38 bits per heavy atom. The summed E-state index contributed by atoms with van der Waals surface area (Å²) in [4.78, 5) is 14.4. The molecule has 4 heteroatoms. The summed E-state index contributed by atoms with van der Waals surface area (Å²) in [6.45, 7) is 5.36. The van der Waals surface area contributed by atoms with Gasteiger partial charge in [-0.15, -0.1) is 0 Å². The summed E-state index contributed by atoms with van der Waals surface area (Å²) >= 11 is 4.86. The van der Waals surface area contributed by atoms with Crippen molar-refractivity contribution in [1.82, 2.24) is 4.90 Å². The minimum Gasteiger partial charge on any atom is -0.392 e. The number of thiocarbonyl (C=S) groups is 1. The molecule has 0 aliphatic heterocycles. The molecule has 0 aromatic carbocycles. The Morgan fingerprint density at radius 2 is 1.94 bits per heavy atom. The molecule has 0 radical (unpaired) electrons. The zero-order valence-electron chi connectivity index (χ0n) is 10.2. The van der Waals surface area contributed by atoms with Crippen LogP contribution >= 0.6 is 12.2 Å². The summed E-state index contributed by atoms with van der Waals surface area (Å²) in [6.07, 6.45) is 4.38. The van der Waals surface area contributed by atoms with Crippen LogP contribution in [-0.2, 0) is 4.79 Å². The number of nitrogens with two attached hydrogens (primary N) is 1. The molecule has 1 aliphatic carbocycles. The molecule has 3 nitrogen and oxygen atoms in total. The average Bonchev–Trinajstić information content (AvgIpc) is 2.25. The highest BCUT2D eigenvalue weighted by Gasteiger charge is 2.27. The highest BCUT2D eigenvalue weighted by atomic mass is 32.1. The number of nitrogens with zero attached hydrogens (tertiary/aromatic N) is 1. The van der Waals surface area contributed by atoms with Crippen LogP contribution in [0.25, 0.3) is 0 Å². The van der Waals surface area contributed by atoms with Gasteiger partial charge in [-0.05, 0) is 38.5 Å². The fraction of sp³-hybridized carbons (Fsp3) is 0.833. The molecule has 0 saturated heterocycles. The number of carbonyl (C=O) groups is 1. The van der Waals surface area contributed by atoms with Crippen LogP contribution in [0.2, 0.25) is 0 Å². The lowest BCUT2D eigenvalue weighted by atomic mass is 9.82. The standard InChI is InChI=1S/C12H22N2OS/c1-3-14(8-11(13)16)12(15)10-6-4-9(2)5-7-10/h9-10H,3-8H2,1-2H3,(H2,13,16). The summed E-state index contributed by atoms with van der Waals surface area (Å²) in [6, 6.07) is 0. The van der Waals surface area contributed by atoms with Crippen LogP contribution in [0.5, 0.6) is 0 Å². The van der Waals surface area contributed by atoms with Gasteiger partial charge in [-0.2, -0.15) is 0 Å². The third-order valence-corrected chi connectivity index (χ3v) is 3.53. The van der Waals surface area contributed by atoms with Crippen LogP contribution in [0.1, 0.15) is 39.5 Å². The average molecular weight is 242 g/mol. The fourth-order valence-electron chi connectivity index (χ4n) is 2.30. The van der Waals surface area contributed by atoms with Gasteiger partial charge in [0.05, 0.1) is 11.5 Å². The topological polar surface area (TPSA) is 46.3 Å². The summed E-state index contributed by atoms with van der Waals surface area (Å²) in [5.41, 5.74) is 5.50. The Morgan fingerprint density at radius 1 is 1.38 bits per heavy atom. The van der Waals surface area contributed by atoms with Crippen molar-refractivity contribution in [2.24, 2.45) is 17.6 Å². The maximum Gasteiger partial charge on any atom is 0.226 e. The molecule has 1 fully saturated rings. The van der Waals surface area contributed by atoms with Crippen molar-refractivity contribution in [3.8, 4) is 0 Å². The summed E-state index contributed by atoms with van der Waals surface area (Å²) < 4.78 is 0. The summed E-state index contributed by atoms with van der Waals surface area (Å²) in [7, 11) is 0. The lowest BCUT2D eigenvalue weighted by Gasteiger charge is -2.30. The van der Waals surface area contributed by atoms with Gasteiger partial charge in [0.1, 0.15) is 0 Å². The first-order valence-electron chi connectivity index (χ1n) is 6.11. The number of likely N-dealkylation sites (N-methyl/N-ethyl adjacent to an activating group) is 1. The third kappa shape index (κ3) is 3.74. The predicted octanol–water partition coefficient (Wildman–Crippen LogP) is 1.95. The number of carbonyl (C=O) groups excluding carboxylic acids is 1. The van der Waals surface area contributed by atoms with Crippen LogP contribution in [0.3, 0.4) is 0 Å². The predicted molar refractivity (Wildman–Crippen MR) is 70.2 cm³/mol. The lowest BCUT2D eigenvalue weighted by molar-refractivity contribution is -0.135. The molecule has 92 valence electrons.